The fraction of sp³-hybridized carbons (Fsp3) is 0.214. The molecule has 1 heterocycles. The monoisotopic (exact) mass is 231 g/mol. The number of benzene rings is 1. The largest absolute Gasteiger partial charge is 0.382 e. The van der Waals surface area contributed by atoms with Crippen LogP contribution in [-0.4, -0.2) is 10.1 Å². The second-order valence-corrected chi connectivity index (χ2v) is 4.19. The van der Waals surface area contributed by atoms with Gasteiger partial charge >= 0.3 is 0 Å². The number of pyridine rings is 1. The molecule has 1 atom stereocenters. The molecule has 0 fully saturated rings. The maximum Gasteiger partial charge on any atom is 0.147 e. The Kier molecular flexibility index (Phi) is 3.20. The summed E-state index contributed by atoms with van der Waals surface area (Å²) in [5.74, 6) is -0.487. The van der Waals surface area contributed by atoms with E-state index in [0.29, 0.717) is 5.56 Å². The summed E-state index contributed by atoms with van der Waals surface area (Å²) in [6.45, 7) is 3.88. The molecule has 1 aromatic carbocycles. The van der Waals surface area contributed by atoms with Gasteiger partial charge < -0.3 is 5.11 Å². The van der Waals surface area contributed by atoms with Gasteiger partial charge in [0.2, 0.25) is 0 Å². The maximum absolute atomic E-state index is 13.5. The molecule has 2 aromatic rings. The van der Waals surface area contributed by atoms with E-state index in [-0.39, 0.29) is 5.69 Å². The average Bonchev–Trinajstić information content (AvgIpc) is 2.27. The molecule has 0 saturated carbocycles. The van der Waals surface area contributed by atoms with Crippen molar-refractivity contribution in [1.29, 1.82) is 0 Å². The van der Waals surface area contributed by atoms with Gasteiger partial charge in [-0.1, -0.05) is 29.3 Å². The third-order valence-corrected chi connectivity index (χ3v) is 2.61. The van der Waals surface area contributed by atoms with E-state index in [1.165, 1.54) is 18.3 Å². The SMILES string of the molecule is Cc1cc(C)cc(C(O)c2ncccc2F)c1. The fourth-order valence-corrected chi connectivity index (χ4v) is 1.92. The van der Waals surface area contributed by atoms with Crippen molar-refractivity contribution < 1.29 is 9.50 Å². The van der Waals surface area contributed by atoms with E-state index in [9.17, 15) is 9.50 Å². The molecule has 88 valence electrons. The Bertz CT molecular complexity index is 519. The molecular weight excluding hydrogens is 217 g/mol. The molecule has 0 aliphatic rings. The van der Waals surface area contributed by atoms with E-state index in [4.69, 9.17) is 0 Å². The van der Waals surface area contributed by atoms with Gasteiger partial charge in [-0.05, 0) is 31.5 Å². The van der Waals surface area contributed by atoms with Gasteiger partial charge in [-0.3, -0.25) is 4.98 Å². The summed E-state index contributed by atoms with van der Waals surface area (Å²) < 4.78 is 13.5. The molecule has 2 nitrogen and oxygen atoms in total. The highest BCUT2D eigenvalue weighted by Gasteiger charge is 2.16. The summed E-state index contributed by atoms with van der Waals surface area (Å²) in [5, 5.41) is 10.1. The first-order chi connectivity index (χ1) is 8.08. The molecule has 1 aromatic heterocycles. The molecule has 0 bridgehead atoms. The fourth-order valence-electron chi connectivity index (χ4n) is 1.92. The number of hydrogen-bond donors (Lipinski definition) is 1. The van der Waals surface area contributed by atoms with Crippen molar-refractivity contribution in [2.24, 2.45) is 0 Å². The van der Waals surface area contributed by atoms with Crippen molar-refractivity contribution in [3.63, 3.8) is 0 Å². The van der Waals surface area contributed by atoms with Crippen LogP contribution in [0.1, 0.15) is 28.5 Å². The van der Waals surface area contributed by atoms with Crippen LogP contribution in [0.25, 0.3) is 0 Å². The Labute approximate surface area is 99.8 Å². The highest BCUT2D eigenvalue weighted by molar-refractivity contribution is 5.33. The lowest BCUT2D eigenvalue weighted by molar-refractivity contribution is 0.209. The predicted molar refractivity (Wildman–Crippen MR) is 64.2 cm³/mol. The molecule has 17 heavy (non-hydrogen) atoms. The van der Waals surface area contributed by atoms with E-state index in [0.717, 1.165) is 11.1 Å². The number of halogens is 1. The van der Waals surface area contributed by atoms with Crippen LogP contribution in [0.3, 0.4) is 0 Å². The molecule has 0 aliphatic heterocycles. The number of rotatable bonds is 2. The minimum absolute atomic E-state index is 0.0671. The van der Waals surface area contributed by atoms with Crippen LogP contribution < -0.4 is 0 Å². The lowest BCUT2D eigenvalue weighted by Crippen LogP contribution is -2.05. The number of aliphatic hydroxyl groups excluding tert-OH is 1. The number of hydrogen-bond acceptors (Lipinski definition) is 2. The third-order valence-electron chi connectivity index (χ3n) is 2.61. The number of aliphatic hydroxyl groups is 1. The smallest absolute Gasteiger partial charge is 0.147 e. The molecule has 3 heteroatoms. The summed E-state index contributed by atoms with van der Waals surface area (Å²) in [4.78, 5) is 3.89. The molecule has 0 saturated heterocycles. The average molecular weight is 231 g/mol. The van der Waals surface area contributed by atoms with Gasteiger partial charge in [0.15, 0.2) is 0 Å². The van der Waals surface area contributed by atoms with E-state index < -0.39 is 11.9 Å². The predicted octanol–water partition coefficient (Wildman–Crippen LogP) is 2.92. The molecule has 2 rings (SSSR count). The zero-order chi connectivity index (χ0) is 12.4. The normalized spacial score (nSPS) is 12.5. The summed E-state index contributed by atoms with van der Waals surface area (Å²) >= 11 is 0. The first-order valence-electron chi connectivity index (χ1n) is 5.44. The van der Waals surface area contributed by atoms with Crippen LogP contribution in [0.5, 0.6) is 0 Å². The highest BCUT2D eigenvalue weighted by Crippen LogP contribution is 2.24. The van der Waals surface area contributed by atoms with Gasteiger partial charge in [-0.25, -0.2) is 4.39 Å². The number of aryl methyl sites for hydroxylation is 2. The lowest BCUT2D eigenvalue weighted by atomic mass is 10.0. The molecular formula is C14H14FNO. The quantitative estimate of drug-likeness (QED) is 0.862. The van der Waals surface area contributed by atoms with E-state index >= 15 is 0 Å². The Hall–Kier alpha value is -1.74. The van der Waals surface area contributed by atoms with Crippen LogP contribution in [0.4, 0.5) is 4.39 Å². The van der Waals surface area contributed by atoms with Crippen molar-refractivity contribution in [3.05, 3.63) is 64.7 Å². The lowest BCUT2D eigenvalue weighted by Gasteiger charge is -2.12. The minimum Gasteiger partial charge on any atom is -0.382 e. The van der Waals surface area contributed by atoms with Gasteiger partial charge in [0.05, 0.1) is 0 Å². The summed E-state index contributed by atoms with van der Waals surface area (Å²) in [6, 6.07) is 8.49. The first-order valence-corrected chi connectivity index (χ1v) is 5.44. The van der Waals surface area contributed by atoms with Crippen molar-refractivity contribution in [2.45, 2.75) is 20.0 Å². The van der Waals surface area contributed by atoms with E-state index in [1.54, 1.807) is 0 Å². The van der Waals surface area contributed by atoms with Crippen LogP contribution in [-0.2, 0) is 0 Å². The van der Waals surface area contributed by atoms with Crippen LogP contribution in [0.15, 0.2) is 36.5 Å². The van der Waals surface area contributed by atoms with Crippen molar-refractivity contribution >= 4 is 0 Å². The third kappa shape index (κ3) is 2.50. The van der Waals surface area contributed by atoms with Crippen molar-refractivity contribution in [3.8, 4) is 0 Å². The van der Waals surface area contributed by atoms with Crippen LogP contribution >= 0.6 is 0 Å². The molecule has 0 amide bonds. The van der Waals surface area contributed by atoms with Crippen molar-refractivity contribution in [2.75, 3.05) is 0 Å². The Morgan fingerprint density at radius 3 is 2.41 bits per heavy atom. The van der Waals surface area contributed by atoms with Gasteiger partial charge in [-0.15, -0.1) is 0 Å². The Morgan fingerprint density at radius 2 is 1.82 bits per heavy atom. The Morgan fingerprint density at radius 1 is 1.18 bits per heavy atom. The molecule has 1 unspecified atom stereocenters. The van der Waals surface area contributed by atoms with Gasteiger partial charge in [0.25, 0.3) is 0 Å². The second-order valence-electron chi connectivity index (χ2n) is 4.19. The number of aromatic nitrogens is 1. The number of nitrogens with zero attached hydrogens (tertiary/aromatic N) is 1. The summed E-state index contributed by atoms with van der Waals surface area (Å²) in [5.41, 5.74) is 2.81. The molecule has 0 radical (unpaired) electrons. The van der Waals surface area contributed by atoms with E-state index in [2.05, 4.69) is 4.98 Å². The standard InChI is InChI=1S/C14H14FNO/c1-9-6-10(2)8-11(7-9)14(17)13-12(15)4-3-5-16-13/h3-8,14,17H,1-2H3. The summed E-state index contributed by atoms with van der Waals surface area (Å²) in [6.07, 6.45) is 0.458. The van der Waals surface area contributed by atoms with Gasteiger partial charge in [-0.2, -0.15) is 0 Å². The van der Waals surface area contributed by atoms with Crippen LogP contribution in [0.2, 0.25) is 0 Å². The second kappa shape index (κ2) is 4.63. The van der Waals surface area contributed by atoms with Crippen LogP contribution in [0, 0.1) is 19.7 Å². The Balaban J connectivity index is 2.43. The zero-order valence-corrected chi connectivity index (χ0v) is 9.81. The highest BCUT2D eigenvalue weighted by atomic mass is 19.1. The van der Waals surface area contributed by atoms with E-state index in [1.807, 2.05) is 32.0 Å². The minimum atomic E-state index is -1.02. The summed E-state index contributed by atoms with van der Waals surface area (Å²) in [7, 11) is 0. The van der Waals surface area contributed by atoms with Crippen molar-refractivity contribution in [1.82, 2.24) is 4.98 Å². The topological polar surface area (TPSA) is 33.1 Å². The molecule has 0 spiro atoms. The molecule has 0 aliphatic carbocycles. The molecule has 1 N–H and O–H groups in total. The van der Waals surface area contributed by atoms with Gasteiger partial charge in [0.1, 0.15) is 17.6 Å². The maximum atomic E-state index is 13.5. The first kappa shape index (κ1) is 11.7. The zero-order valence-electron chi connectivity index (χ0n) is 9.81. The van der Waals surface area contributed by atoms with Gasteiger partial charge in [0, 0.05) is 6.20 Å².